The molecule has 0 aliphatic heterocycles. The van der Waals surface area contributed by atoms with Gasteiger partial charge in [-0.3, -0.25) is 0 Å². The number of hydrogen-bond acceptors (Lipinski definition) is 3. The first kappa shape index (κ1) is 13.8. The minimum atomic E-state index is -3.43. The van der Waals surface area contributed by atoms with Gasteiger partial charge >= 0.3 is 0 Å². The Hall–Kier alpha value is -0.170. The smallest absolute Gasteiger partial charge is 0.277 e. The second-order valence-corrected chi connectivity index (χ2v) is 4.99. The molecule has 0 fully saturated rings. The van der Waals surface area contributed by atoms with Crippen LogP contribution in [0.2, 0.25) is 0 Å². The minimum absolute atomic E-state index is 0.0288. The summed E-state index contributed by atoms with van der Waals surface area (Å²) >= 11 is 0. The summed E-state index contributed by atoms with van der Waals surface area (Å²) in [5.41, 5.74) is -0.574. The fourth-order valence-electron chi connectivity index (χ4n) is 1.10. The quantitative estimate of drug-likeness (QED) is 0.569. The van der Waals surface area contributed by atoms with E-state index in [2.05, 4.69) is 9.44 Å². The summed E-state index contributed by atoms with van der Waals surface area (Å²) in [7, 11) is -3.43. The predicted molar refractivity (Wildman–Crippen MR) is 56.1 cm³/mol. The largest absolute Gasteiger partial charge is 0.396 e. The van der Waals surface area contributed by atoms with Crippen molar-refractivity contribution < 1.29 is 13.5 Å². The summed E-state index contributed by atoms with van der Waals surface area (Å²) in [6, 6.07) is 0. The molecule has 0 heterocycles. The van der Waals surface area contributed by atoms with Crippen molar-refractivity contribution in [3.05, 3.63) is 0 Å². The van der Waals surface area contributed by atoms with E-state index in [1.54, 1.807) is 13.8 Å². The zero-order valence-electron chi connectivity index (χ0n) is 9.00. The topological polar surface area (TPSA) is 78.4 Å². The van der Waals surface area contributed by atoms with Crippen LogP contribution in [0.4, 0.5) is 0 Å². The van der Waals surface area contributed by atoms with Crippen molar-refractivity contribution in [2.45, 2.75) is 39.2 Å². The van der Waals surface area contributed by atoms with Crippen molar-refractivity contribution in [1.29, 1.82) is 0 Å². The Morgan fingerprint density at radius 3 is 2.29 bits per heavy atom. The Labute approximate surface area is 86.1 Å². The van der Waals surface area contributed by atoms with Gasteiger partial charge in [0.2, 0.25) is 0 Å². The van der Waals surface area contributed by atoms with Gasteiger partial charge in [-0.2, -0.15) is 13.1 Å². The molecule has 1 unspecified atom stereocenters. The number of nitrogens with one attached hydrogen (secondary N) is 2. The van der Waals surface area contributed by atoms with Crippen LogP contribution in [-0.2, 0) is 10.2 Å². The molecular formula is C8H20N2O3S. The standard InChI is InChI=1S/C8H20N2O3S/c1-4-8(3,6-7-11)10-14(12,13)9-5-2/h9-11H,4-7H2,1-3H3. The first-order valence-corrected chi connectivity index (χ1v) is 6.27. The summed E-state index contributed by atoms with van der Waals surface area (Å²) in [5.74, 6) is 0. The maximum absolute atomic E-state index is 11.4. The molecule has 5 nitrogen and oxygen atoms in total. The molecule has 0 rings (SSSR count). The van der Waals surface area contributed by atoms with Gasteiger partial charge in [-0.15, -0.1) is 0 Å². The molecule has 0 aromatic rings. The summed E-state index contributed by atoms with van der Waals surface area (Å²) < 4.78 is 27.6. The van der Waals surface area contributed by atoms with E-state index in [1.165, 1.54) is 0 Å². The summed E-state index contributed by atoms with van der Waals surface area (Å²) in [4.78, 5) is 0. The first-order chi connectivity index (χ1) is 6.39. The lowest BCUT2D eigenvalue weighted by Gasteiger charge is -2.28. The van der Waals surface area contributed by atoms with Crippen LogP contribution in [0.1, 0.15) is 33.6 Å². The molecule has 0 radical (unpaired) electrons. The zero-order chi connectivity index (χ0) is 11.2. The minimum Gasteiger partial charge on any atom is -0.396 e. The number of hydrogen-bond donors (Lipinski definition) is 3. The van der Waals surface area contributed by atoms with E-state index in [0.29, 0.717) is 19.4 Å². The van der Waals surface area contributed by atoms with Gasteiger partial charge in [0.05, 0.1) is 0 Å². The fraction of sp³-hybridized carbons (Fsp3) is 1.00. The highest BCUT2D eigenvalue weighted by Gasteiger charge is 2.26. The van der Waals surface area contributed by atoms with Crippen molar-refractivity contribution >= 4 is 10.2 Å². The maximum atomic E-state index is 11.4. The molecule has 0 saturated heterocycles. The third kappa shape index (κ3) is 4.90. The van der Waals surface area contributed by atoms with E-state index in [0.717, 1.165) is 0 Å². The fourth-order valence-corrected chi connectivity index (χ4v) is 2.44. The molecule has 0 aromatic carbocycles. The molecule has 0 aliphatic carbocycles. The Morgan fingerprint density at radius 2 is 1.93 bits per heavy atom. The zero-order valence-corrected chi connectivity index (χ0v) is 9.82. The Morgan fingerprint density at radius 1 is 1.36 bits per heavy atom. The Kier molecular flexibility index (Phi) is 5.58. The lowest BCUT2D eigenvalue weighted by Crippen LogP contribution is -2.50. The monoisotopic (exact) mass is 224 g/mol. The maximum Gasteiger partial charge on any atom is 0.277 e. The summed E-state index contributed by atoms with van der Waals surface area (Å²) in [5, 5.41) is 8.80. The van der Waals surface area contributed by atoms with Crippen molar-refractivity contribution in [2.24, 2.45) is 0 Å². The van der Waals surface area contributed by atoms with Gasteiger partial charge in [-0.05, 0) is 19.8 Å². The third-order valence-corrected chi connectivity index (χ3v) is 3.59. The van der Waals surface area contributed by atoms with Crippen molar-refractivity contribution in [3.63, 3.8) is 0 Å². The average molecular weight is 224 g/mol. The van der Waals surface area contributed by atoms with Crippen molar-refractivity contribution in [2.75, 3.05) is 13.2 Å². The van der Waals surface area contributed by atoms with Crippen LogP contribution in [-0.4, -0.2) is 32.2 Å². The lowest BCUT2D eigenvalue weighted by molar-refractivity contribution is 0.233. The molecule has 1 atom stereocenters. The molecule has 6 heteroatoms. The van der Waals surface area contributed by atoms with Crippen molar-refractivity contribution in [1.82, 2.24) is 9.44 Å². The predicted octanol–water partition coefficient (Wildman–Crippen LogP) is -0.0186. The van der Waals surface area contributed by atoms with Gasteiger partial charge in [0, 0.05) is 18.7 Å². The van der Waals surface area contributed by atoms with Gasteiger partial charge in [0.15, 0.2) is 0 Å². The van der Waals surface area contributed by atoms with Crippen molar-refractivity contribution in [3.8, 4) is 0 Å². The molecule has 0 saturated carbocycles. The molecule has 14 heavy (non-hydrogen) atoms. The van der Waals surface area contributed by atoms with Crippen LogP contribution in [0.25, 0.3) is 0 Å². The molecule has 3 N–H and O–H groups in total. The van der Waals surface area contributed by atoms with E-state index in [-0.39, 0.29) is 6.61 Å². The summed E-state index contributed by atoms with van der Waals surface area (Å²) in [6.07, 6.45) is 1.05. The van der Waals surface area contributed by atoms with Crippen LogP contribution in [0, 0.1) is 0 Å². The molecule has 86 valence electrons. The Balaban J connectivity index is 4.44. The van der Waals surface area contributed by atoms with Gasteiger partial charge in [0.25, 0.3) is 10.2 Å². The second kappa shape index (κ2) is 5.65. The average Bonchev–Trinajstić information content (AvgIpc) is 2.03. The SMILES string of the molecule is CCNS(=O)(=O)NC(C)(CC)CCO. The van der Waals surface area contributed by atoms with E-state index in [4.69, 9.17) is 5.11 Å². The van der Waals surface area contributed by atoms with Gasteiger partial charge in [0.1, 0.15) is 0 Å². The number of aliphatic hydroxyl groups excluding tert-OH is 1. The normalized spacial score (nSPS) is 16.6. The highest BCUT2D eigenvalue weighted by atomic mass is 32.2. The highest BCUT2D eigenvalue weighted by Crippen LogP contribution is 2.14. The summed E-state index contributed by atoms with van der Waals surface area (Å²) in [6.45, 7) is 5.70. The number of rotatable bonds is 7. The van der Waals surface area contributed by atoms with E-state index < -0.39 is 15.7 Å². The van der Waals surface area contributed by atoms with E-state index in [1.807, 2.05) is 6.92 Å². The Bertz CT molecular complexity index is 253. The third-order valence-electron chi connectivity index (χ3n) is 2.16. The molecule has 0 bridgehead atoms. The first-order valence-electron chi connectivity index (χ1n) is 4.78. The van der Waals surface area contributed by atoms with Crippen LogP contribution in [0.5, 0.6) is 0 Å². The van der Waals surface area contributed by atoms with Crippen LogP contribution >= 0.6 is 0 Å². The van der Waals surface area contributed by atoms with Gasteiger partial charge < -0.3 is 5.11 Å². The lowest BCUT2D eigenvalue weighted by atomic mass is 9.97. The van der Waals surface area contributed by atoms with Gasteiger partial charge in [-0.25, -0.2) is 4.72 Å². The van der Waals surface area contributed by atoms with Crippen LogP contribution < -0.4 is 9.44 Å². The van der Waals surface area contributed by atoms with E-state index >= 15 is 0 Å². The van der Waals surface area contributed by atoms with Crippen LogP contribution in [0.3, 0.4) is 0 Å². The molecule has 0 aliphatic rings. The molecule has 0 amide bonds. The molecular weight excluding hydrogens is 204 g/mol. The molecule has 0 aromatic heterocycles. The highest BCUT2D eigenvalue weighted by molar-refractivity contribution is 7.87. The van der Waals surface area contributed by atoms with Crippen LogP contribution in [0.15, 0.2) is 0 Å². The second-order valence-electron chi connectivity index (χ2n) is 3.49. The molecule has 0 spiro atoms. The van der Waals surface area contributed by atoms with E-state index in [9.17, 15) is 8.42 Å². The van der Waals surface area contributed by atoms with Gasteiger partial charge in [-0.1, -0.05) is 13.8 Å². The number of aliphatic hydroxyl groups is 1.